The number of ether oxygens (including phenoxy) is 1. The van der Waals surface area contributed by atoms with Crippen molar-refractivity contribution < 1.29 is 4.74 Å². The van der Waals surface area contributed by atoms with Crippen LogP contribution < -0.4 is 8.43 Å². The van der Waals surface area contributed by atoms with Gasteiger partial charge in [0, 0.05) is 0 Å². The van der Waals surface area contributed by atoms with Gasteiger partial charge < -0.3 is 13.8 Å². The van der Waals surface area contributed by atoms with E-state index in [0.717, 1.165) is 12.2 Å². The van der Waals surface area contributed by atoms with E-state index in [2.05, 4.69) is 19.9 Å². The average molecular weight is 209 g/mol. The zero-order valence-electron chi connectivity index (χ0n) is 8.09. The van der Waals surface area contributed by atoms with E-state index >= 15 is 0 Å². The van der Waals surface area contributed by atoms with E-state index in [1.165, 1.54) is 3.69 Å². The van der Waals surface area contributed by atoms with Gasteiger partial charge in [-0.2, -0.15) is 0 Å². The van der Waals surface area contributed by atoms with Gasteiger partial charge in [0.2, 0.25) is 0 Å². The van der Waals surface area contributed by atoms with Crippen LogP contribution in [0.25, 0.3) is 0 Å². The minimum atomic E-state index is -0.641. The predicted octanol–water partition coefficient (Wildman–Crippen LogP) is 2.35. The van der Waals surface area contributed by atoms with Crippen LogP contribution >= 0.6 is 9.07 Å². The molecule has 1 rings (SSSR count). The number of rotatable bonds is 4. The first-order valence-electron chi connectivity index (χ1n) is 4.58. The lowest BCUT2D eigenvalue weighted by atomic mass is 10.3. The summed E-state index contributed by atoms with van der Waals surface area (Å²) in [4.78, 5) is 0. The highest BCUT2D eigenvalue weighted by atomic mass is 35.5. The number of para-hydroxylation sites is 1. The monoisotopic (exact) mass is 208 g/mol. The molecule has 68 valence electrons. The van der Waals surface area contributed by atoms with Crippen molar-refractivity contribution >= 4 is 32.0 Å². The molecule has 1 nitrogen and oxygen atoms in total. The molecule has 0 N–H and O–H groups in total. The topological polar surface area (TPSA) is 9.23 Å². The lowest BCUT2D eigenvalue weighted by Crippen LogP contribution is -2.18. The fourth-order valence-corrected chi connectivity index (χ4v) is 2.25. The fourth-order valence-electron chi connectivity index (χ4n) is 1.03. The zero-order valence-corrected chi connectivity index (χ0v) is 10.3. The Morgan fingerprint density at radius 2 is 2.15 bits per heavy atom. The highest BCUT2D eigenvalue weighted by molar-refractivity contribution is 7.01. The van der Waals surface area contributed by atoms with Crippen LogP contribution in [0.1, 0.15) is 20.3 Å². The number of hydrogen-bond donors (Lipinski definition) is 0. The largest absolute Gasteiger partial charge is 0.543 e. The molecule has 0 spiro atoms. The Kier molecular flexibility index (Phi) is 4.92. The summed E-state index contributed by atoms with van der Waals surface area (Å²) in [5.74, 6) is 0.971. The molecule has 1 atom stereocenters. The van der Waals surface area contributed by atoms with Crippen molar-refractivity contribution in [3.8, 4) is 5.75 Å². The van der Waals surface area contributed by atoms with Crippen LogP contribution in [0.2, 0.25) is 0 Å². The molecule has 0 heterocycles. The van der Waals surface area contributed by atoms with Crippen molar-refractivity contribution in [2.24, 2.45) is 0 Å². The molecule has 0 aliphatic carbocycles. The van der Waals surface area contributed by atoms with Gasteiger partial charge in [-0.25, -0.2) is 0 Å². The number of hydrogen-bond acceptors (Lipinski definition) is 1. The smallest absolute Gasteiger partial charge is 0.493 e. The lowest BCUT2D eigenvalue weighted by molar-refractivity contribution is 0.219. The summed E-state index contributed by atoms with van der Waals surface area (Å²) < 4.78 is 6.93. The zero-order chi connectivity index (χ0) is 9.68. The summed E-state index contributed by atoms with van der Waals surface area (Å²) in [6.07, 6.45) is 1.30. The molecule has 0 radical (unpaired) electrons. The van der Waals surface area contributed by atoms with Crippen LogP contribution in [0.4, 0.5) is 0 Å². The molecule has 1 unspecified atom stereocenters. The lowest BCUT2D eigenvalue weighted by Gasteiger charge is -2.15. The standard InChI is InChI=1S/C10H13O.ClH.Mg/c1-3-9(2)11-10-7-5-4-6-8-10;;/h4-7,9H,3H2,1-2H3;1H;/q;;+1/p-1. The molecule has 0 bridgehead atoms. The predicted molar refractivity (Wildman–Crippen MR) is 58.1 cm³/mol. The second-order valence-electron chi connectivity index (χ2n) is 3.08. The summed E-state index contributed by atoms with van der Waals surface area (Å²) in [7, 11) is 5.92. The molecule has 1 aromatic rings. The number of benzene rings is 1. The third kappa shape index (κ3) is 3.37. The molecule has 0 aromatic heterocycles. The minimum absolute atomic E-state index is 0.276. The Bertz CT molecular complexity index is 265. The summed E-state index contributed by atoms with van der Waals surface area (Å²) in [6, 6.07) is 8.05. The van der Waals surface area contributed by atoms with E-state index in [1.807, 2.05) is 18.2 Å². The van der Waals surface area contributed by atoms with Gasteiger partial charge in [0.05, 0.1) is 11.9 Å². The minimum Gasteiger partial charge on any atom is -0.493 e. The first kappa shape index (κ1) is 11.2. The first-order valence-corrected chi connectivity index (χ1v) is 7.43. The summed E-state index contributed by atoms with van der Waals surface area (Å²) >= 11 is -0.641. The van der Waals surface area contributed by atoms with Crippen molar-refractivity contribution in [1.29, 1.82) is 0 Å². The highest BCUT2D eigenvalue weighted by Gasteiger charge is 2.06. The molecule has 3 heteroatoms. The molecule has 0 aliphatic heterocycles. The van der Waals surface area contributed by atoms with Crippen LogP contribution in [0.3, 0.4) is 0 Å². The molecule has 1 aromatic carbocycles. The van der Waals surface area contributed by atoms with Crippen LogP contribution in [0.5, 0.6) is 5.75 Å². The van der Waals surface area contributed by atoms with E-state index in [4.69, 9.17) is 13.8 Å². The van der Waals surface area contributed by atoms with Crippen molar-refractivity contribution in [1.82, 2.24) is 0 Å². The first-order chi connectivity index (χ1) is 6.27. The molecule has 0 saturated carbocycles. The Hall–Kier alpha value is 0.0762. The average Bonchev–Trinajstić information content (AvgIpc) is 2.18. The van der Waals surface area contributed by atoms with Gasteiger partial charge in [0.15, 0.2) is 0 Å². The van der Waals surface area contributed by atoms with Crippen molar-refractivity contribution in [3.63, 3.8) is 0 Å². The van der Waals surface area contributed by atoms with Gasteiger partial charge in [-0.05, 0) is 19.4 Å². The maximum Gasteiger partial charge on any atom is 0.543 e. The van der Waals surface area contributed by atoms with Gasteiger partial charge >= 0.3 is 19.3 Å². The molecule has 0 amide bonds. The second kappa shape index (κ2) is 5.73. The Morgan fingerprint density at radius 3 is 2.77 bits per heavy atom. The summed E-state index contributed by atoms with van der Waals surface area (Å²) in [5.41, 5.74) is 0. The summed E-state index contributed by atoms with van der Waals surface area (Å²) in [5, 5.41) is 0. The van der Waals surface area contributed by atoms with Crippen molar-refractivity contribution in [2.75, 3.05) is 0 Å². The van der Waals surface area contributed by atoms with Gasteiger partial charge in [0.1, 0.15) is 0 Å². The fraction of sp³-hybridized carbons (Fsp3) is 0.400. The maximum atomic E-state index is 5.92. The van der Waals surface area contributed by atoms with Gasteiger partial charge in [-0.15, -0.1) is 3.69 Å². The van der Waals surface area contributed by atoms with Crippen LogP contribution in [0, 0.1) is 0 Å². The third-order valence-electron chi connectivity index (χ3n) is 2.02. The van der Waals surface area contributed by atoms with E-state index in [-0.39, 0.29) is 6.10 Å². The maximum absolute atomic E-state index is 5.92. The Labute approximate surface area is 92.9 Å². The van der Waals surface area contributed by atoms with E-state index < -0.39 is 19.3 Å². The van der Waals surface area contributed by atoms with E-state index in [9.17, 15) is 0 Å². The van der Waals surface area contributed by atoms with Crippen LogP contribution in [0.15, 0.2) is 24.3 Å². The molecule has 13 heavy (non-hydrogen) atoms. The SMILES string of the molecule is CCC(C)Oc1cccc[c]1[Mg][Cl]. The Balaban J connectivity index is 2.74. The molecule has 0 aliphatic rings. The molecular formula is C10H13ClMgO. The molecular weight excluding hydrogens is 196 g/mol. The highest BCUT2D eigenvalue weighted by Crippen LogP contribution is 2.10. The quantitative estimate of drug-likeness (QED) is 0.691. The van der Waals surface area contributed by atoms with E-state index in [0.29, 0.717) is 0 Å². The normalized spacial score (nSPS) is 11.9. The van der Waals surface area contributed by atoms with Crippen LogP contribution in [-0.4, -0.2) is 25.4 Å². The van der Waals surface area contributed by atoms with Crippen LogP contribution in [-0.2, 0) is 0 Å². The third-order valence-corrected chi connectivity index (χ3v) is 3.76. The second-order valence-corrected chi connectivity index (χ2v) is 4.91. The van der Waals surface area contributed by atoms with Crippen molar-refractivity contribution in [2.45, 2.75) is 26.4 Å². The van der Waals surface area contributed by atoms with Gasteiger partial charge in [-0.1, -0.05) is 25.1 Å². The number of halogens is 1. The van der Waals surface area contributed by atoms with Crippen molar-refractivity contribution in [3.05, 3.63) is 24.3 Å². The molecule has 0 saturated heterocycles. The Morgan fingerprint density at radius 1 is 1.46 bits per heavy atom. The molecule has 0 fully saturated rings. The van der Waals surface area contributed by atoms with Gasteiger partial charge in [-0.3, -0.25) is 0 Å². The van der Waals surface area contributed by atoms with Gasteiger partial charge in [0.25, 0.3) is 0 Å². The summed E-state index contributed by atoms with van der Waals surface area (Å²) in [6.45, 7) is 4.19. The van der Waals surface area contributed by atoms with E-state index in [1.54, 1.807) is 0 Å².